The van der Waals surface area contributed by atoms with E-state index < -0.39 is 0 Å². The number of nitrogens with zero attached hydrogens (tertiary/aromatic N) is 4. The van der Waals surface area contributed by atoms with E-state index in [2.05, 4.69) is 42.2 Å². The van der Waals surface area contributed by atoms with E-state index in [1.807, 2.05) is 30.7 Å². The highest BCUT2D eigenvalue weighted by Crippen LogP contribution is 2.25. The van der Waals surface area contributed by atoms with Crippen molar-refractivity contribution in [3.05, 3.63) is 47.7 Å². The summed E-state index contributed by atoms with van der Waals surface area (Å²) in [6.07, 6.45) is 1.84. The number of benzene rings is 1. The van der Waals surface area contributed by atoms with Crippen molar-refractivity contribution in [1.82, 2.24) is 14.5 Å². The van der Waals surface area contributed by atoms with Gasteiger partial charge in [-0.25, -0.2) is 9.97 Å². The first-order valence-corrected chi connectivity index (χ1v) is 7.38. The third kappa shape index (κ3) is 2.58. The van der Waals surface area contributed by atoms with Gasteiger partial charge < -0.3 is 4.57 Å². The molecule has 4 nitrogen and oxygen atoms in total. The van der Waals surface area contributed by atoms with Crippen LogP contribution in [0, 0.1) is 31.1 Å². The van der Waals surface area contributed by atoms with E-state index in [-0.39, 0.29) is 5.92 Å². The molecule has 0 aliphatic heterocycles. The first-order valence-electron chi connectivity index (χ1n) is 7.38. The van der Waals surface area contributed by atoms with Crippen LogP contribution in [0.15, 0.2) is 36.5 Å². The molecule has 0 fully saturated rings. The van der Waals surface area contributed by atoms with E-state index in [0.717, 1.165) is 28.1 Å². The minimum absolute atomic E-state index is 0.0929. The Bertz CT molecular complexity index is 853. The molecule has 0 saturated heterocycles. The molecule has 1 unspecified atom stereocenters. The average Bonchev–Trinajstić information content (AvgIpc) is 2.85. The Balaban J connectivity index is 2.21. The van der Waals surface area contributed by atoms with Gasteiger partial charge in [0.25, 0.3) is 0 Å². The molecule has 0 aliphatic rings. The van der Waals surface area contributed by atoms with Crippen LogP contribution in [0.5, 0.6) is 0 Å². The molecule has 3 rings (SSSR count). The first-order chi connectivity index (χ1) is 10.6. The number of rotatable bonds is 3. The topological polar surface area (TPSA) is 54.5 Å². The van der Waals surface area contributed by atoms with Crippen LogP contribution in [0.3, 0.4) is 0 Å². The van der Waals surface area contributed by atoms with Crippen LogP contribution in [-0.4, -0.2) is 14.5 Å². The lowest BCUT2D eigenvalue weighted by Gasteiger charge is -2.10. The van der Waals surface area contributed by atoms with Crippen molar-refractivity contribution in [2.24, 2.45) is 5.92 Å². The Morgan fingerprint density at radius 1 is 1.18 bits per heavy atom. The molecule has 2 aromatic heterocycles. The van der Waals surface area contributed by atoms with E-state index in [0.29, 0.717) is 6.54 Å². The van der Waals surface area contributed by atoms with E-state index in [9.17, 15) is 0 Å². The molecule has 0 amide bonds. The first kappa shape index (κ1) is 14.3. The molecule has 3 aromatic rings. The van der Waals surface area contributed by atoms with Gasteiger partial charge in [-0.15, -0.1) is 0 Å². The smallest absolute Gasteiger partial charge is 0.160 e. The van der Waals surface area contributed by atoms with Gasteiger partial charge in [0.1, 0.15) is 11.3 Å². The Hall–Kier alpha value is -2.67. The minimum atomic E-state index is -0.0929. The molecule has 22 heavy (non-hydrogen) atoms. The SMILES string of the molecule is Cc1ccc(-c2nc3cc(C)cnc3n2CC(C)C#N)cc1. The van der Waals surface area contributed by atoms with Crippen LogP contribution in [0.4, 0.5) is 0 Å². The number of hydrogen-bond donors (Lipinski definition) is 0. The second-order valence-electron chi connectivity index (χ2n) is 5.80. The Kier molecular flexibility index (Phi) is 3.64. The summed E-state index contributed by atoms with van der Waals surface area (Å²) in [6, 6.07) is 12.6. The van der Waals surface area contributed by atoms with Crippen LogP contribution in [0.25, 0.3) is 22.6 Å². The van der Waals surface area contributed by atoms with Crippen LogP contribution in [-0.2, 0) is 6.54 Å². The second-order valence-corrected chi connectivity index (χ2v) is 5.80. The van der Waals surface area contributed by atoms with Gasteiger partial charge in [-0.1, -0.05) is 29.8 Å². The van der Waals surface area contributed by atoms with Crippen molar-refractivity contribution in [3.63, 3.8) is 0 Å². The van der Waals surface area contributed by atoms with Gasteiger partial charge in [-0.2, -0.15) is 5.26 Å². The lowest BCUT2D eigenvalue weighted by atomic mass is 10.1. The summed E-state index contributed by atoms with van der Waals surface area (Å²) in [7, 11) is 0. The van der Waals surface area contributed by atoms with E-state index in [1.165, 1.54) is 5.56 Å². The van der Waals surface area contributed by atoms with E-state index >= 15 is 0 Å². The maximum atomic E-state index is 9.14. The number of aromatic nitrogens is 3. The number of aryl methyl sites for hydroxylation is 2. The summed E-state index contributed by atoms with van der Waals surface area (Å²) in [5, 5.41) is 9.14. The molecule has 0 bridgehead atoms. The van der Waals surface area contributed by atoms with Gasteiger partial charge in [0.15, 0.2) is 5.65 Å². The number of hydrogen-bond acceptors (Lipinski definition) is 3. The highest BCUT2D eigenvalue weighted by atomic mass is 15.1. The third-order valence-electron chi connectivity index (χ3n) is 3.71. The summed E-state index contributed by atoms with van der Waals surface area (Å²) in [6.45, 7) is 6.58. The lowest BCUT2D eigenvalue weighted by molar-refractivity contribution is 0.594. The van der Waals surface area contributed by atoms with Gasteiger partial charge in [-0.3, -0.25) is 0 Å². The van der Waals surface area contributed by atoms with Crippen molar-refractivity contribution in [2.75, 3.05) is 0 Å². The molecular weight excluding hydrogens is 272 g/mol. The lowest BCUT2D eigenvalue weighted by Crippen LogP contribution is -2.08. The number of nitriles is 1. The van der Waals surface area contributed by atoms with Crippen LogP contribution < -0.4 is 0 Å². The van der Waals surface area contributed by atoms with Crippen molar-refractivity contribution < 1.29 is 0 Å². The normalized spacial score (nSPS) is 12.3. The van der Waals surface area contributed by atoms with Crippen LogP contribution in [0.1, 0.15) is 18.1 Å². The highest BCUT2D eigenvalue weighted by molar-refractivity contribution is 5.77. The molecule has 0 spiro atoms. The monoisotopic (exact) mass is 290 g/mol. The zero-order valence-corrected chi connectivity index (χ0v) is 13.0. The summed E-state index contributed by atoms with van der Waals surface area (Å²) in [5.74, 6) is 0.778. The average molecular weight is 290 g/mol. The Morgan fingerprint density at radius 2 is 1.91 bits per heavy atom. The molecular formula is C18H18N4. The number of imidazole rings is 1. The zero-order valence-electron chi connectivity index (χ0n) is 13.0. The summed E-state index contributed by atoms with van der Waals surface area (Å²) >= 11 is 0. The second kappa shape index (κ2) is 5.61. The quantitative estimate of drug-likeness (QED) is 0.735. The van der Waals surface area contributed by atoms with E-state index in [1.54, 1.807) is 0 Å². The van der Waals surface area contributed by atoms with Gasteiger partial charge >= 0.3 is 0 Å². The maximum absolute atomic E-state index is 9.14. The Morgan fingerprint density at radius 3 is 2.59 bits per heavy atom. The fourth-order valence-electron chi connectivity index (χ4n) is 2.52. The zero-order chi connectivity index (χ0) is 15.7. The fourth-order valence-corrected chi connectivity index (χ4v) is 2.52. The predicted octanol–water partition coefficient (Wildman–Crippen LogP) is 3.87. The molecule has 0 aliphatic carbocycles. The number of fused-ring (bicyclic) bond motifs is 1. The molecule has 2 heterocycles. The van der Waals surface area contributed by atoms with Crippen molar-refractivity contribution in [2.45, 2.75) is 27.3 Å². The molecule has 0 radical (unpaired) electrons. The fraction of sp³-hybridized carbons (Fsp3) is 0.278. The molecule has 1 atom stereocenters. The summed E-state index contributed by atoms with van der Waals surface area (Å²) in [5.41, 5.74) is 5.06. The molecule has 110 valence electrons. The van der Waals surface area contributed by atoms with Crippen molar-refractivity contribution in [1.29, 1.82) is 5.26 Å². The van der Waals surface area contributed by atoms with Crippen LogP contribution >= 0.6 is 0 Å². The highest BCUT2D eigenvalue weighted by Gasteiger charge is 2.15. The van der Waals surface area contributed by atoms with Gasteiger partial charge in [0, 0.05) is 18.3 Å². The van der Waals surface area contributed by atoms with Gasteiger partial charge in [0.05, 0.1) is 12.0 Å². The van der Waals surface area contributed by atoms with E-state index in [4.69, 9.17) is 10.2 Å². The summed E-state index contributed by atoms with van der Waals surface area (Å²) < 4.78 is 2.05. The van der Waals surface area contributed by atoms with Crippen molar-refractivity contribution in [3.8, 4) is 17.5 Å². The molecule has 4 heteroatoms. The predicted molar refractivity (Wildman–Crippen MR) is 87.2 cm³/mol. The van der Waals surface area contributed by atoms with Crippen molar-refractivity contribution >= 4 is 11.2 Å². The minimum Gasteiger partial charge on any atom is -0.307 e. The third-order valence-corrected chi connectivity index (χ3v) is 3.71. The standard InChI is InChI=1S/C18H18N4/c1-12-4-6-15(7-5-12)17-21-16-8-13(2)10-20-18(16)22(17)11-14(3)9-19/h4-8,10,14H,11H2,1-3H3. The van der Waals surface area contributed by atoms with Gasteiger partial charge in [-0.05, 0) is 32.4 Å². The number of pyridine rings is 1. The summed E-state index contributed by atoms with van der Waals surface area (Å²) in [4.78, 5) is 9.27. The van der Waals surface area contributed by atoms with Gasteiger partial charge in [0.2, 0.25) is 0 Å². The van der Waals surface area contributed by atoms with Crippen LogP contribution in [0.2, 0.25) is 0 Å². The maximum Gasteiger partial charge on any atom is 0.160 e. The largest absolute Gasteiger partial charge is 0.307 e. The Labute approximate surface area is 130 Å². The molecule has 1 aromatic carbocycles. The molecule has 0 N–H and O–H groups in total. The molecule has 0 saturated carbocycles.